The first-order chi connectivity index (χ1) is 11.8. The van der Waals surface area contributed by atoms with Crippen molar-refractivity contribution in [1.29, 1.82) is 0 Å². The van der Waals surface area contributed by atoms with Crippen LogP contribution < -0.4 is 5.32 Å². The summed E-state index contributed by atoms with van der Waals surface area (Å²) in [5.74, 6) is 3.00. The number of rotatable bonds is 7. The van der Waals surface area contributed by atoms with E-state index >= 15 is 0 Å². The van der Waals surface area contributed by atoms with Gasteiger partial charge in [0.15, 0.2) is 5.96 Å². The van der Waals surface area contributed by atoms with Gasteiger partial charge in [-0.2, -0.15) is 0 Å². The zero-order chi connectivity index (χ0) is 16.6. The molecule has 2 aliphatic heterocycles. The Hall–Kier alpha value is -0.0600. The normalized spacial score (nSPS) is 21.6. The highest BCUT2D eigenvalue weighted by Crippen LogP contribution is 2.21. The van der Waals surface area contributed by atoms with E-state index in [1.807, 2.05) is 30.4 Å². The molecule has 8 heteroatoms. The minimum Gasteiger partial charge on any atom is -0.356 e. The summed E-state index contributed by atoms with van der Waals surface area (Å²) in [4.78, 5) is 13.9. The van der Waals surface area contributed by atoms with Crippen LogP contribution >= 0.6 is 47.1 Å². The van der Waals surface area contributed by atoms with E-state index in [2.05, 4.69) is 25.1 Å². The van der Waals surface area contributed by atoms with E-state index in [4.69, 9.17) is 0 Å². The molecule has 0 saturated carbocycles. The summed E-state index contributed by atoms with van der Waals surface area (Å²) >= 11 is 3.57. The van der Waals surface area contributed by atoms with Crippen LogP contribution in [0, 0.1) is 5.92 Å². The van der Waals surface area contributed by atoms with Crippen LogP contribution in [0.3, 0.4) is 0 Å². The number of hydrogen-bond donors (Lipinski definition) is 1. The quantitative estimate of drug-likeness (QED) is 0.207. The van der Waals surface area contributed by atoms with Crippen LogP contribution in [0.4, 0.5) is 0 Å². The molecular weight excluding hydrogens is 465 g/mol. The number of thiazole rings is 1. The molecule has 2 fully saturated rings. The second kappa shape index (κ2) is 11.6. The second-order valence-electron chi connectivity index (χ2n) is 6.58. The molecule has 1 N–H and O–H groups in total. The highest BCUT2D eigenvalue weighted by Gasteiger charge is 2.27. The Kier molecular flexibility index (Phi) is 9.87. The van der Waals surface area contributed by atoms with Gasteiger partial charge in [0, 0.05) is 50.6 Å². The molecule has 1 aromatic rings. The Morgan fingerprint density at radius 1 is 1.40 bits per heavy atom. The lowest BCUT2D eigenvalue weighted by atomic mass is 10.1. The van der Waals surface area contributed by atoms with E-state index in [1.165, 1.54) is 43.2 Å². The molecule has 0 radical (unpaired) electrons. The molecule has 0 aromatic carbocycles. The molecule has 2 aliphatic rings. The van der Waals surface area contributed by atoms with E-state index in [0.717, 1.165) is 43.7 Å². The minimum absolute atomic E-state index is 0. The number of guanidine groups is 1. The molecule has 1 unspecified atom stereocenters. The highest BCUT2D eigenvalue weighted by molar-refractivity contribution is 14.0. The van der Waals surface area contributed by atoms with Crippen molar-refractivity contribution in [2.75, 3.05) is 52.1 Å². The number of nitrogens with one attached hydrogen (secondary N) is 1. The maximum atomic E-state index is 4.48. The molecular formula is C17H30IN5S2. The van der Waals surface area contributed by atoms with Crippen molar-refractivity contribution in [2.24, 2.45) is 10.9 Å². The molecule has 142 valence electrons. The Bertz CT molecular complexity index is 505. The zero-order valence-corrected chi connectivity index (χ0v) is 19.0. The molecule has 0 spiro atoms. The number of aliphatic imine (C=N–C) groups is 1. The van der Waals surface area contributed by atoms with Gasteiger partial charge in [0.1, 0.15) is 4.34 Å². The number of hydrogen-bond acceptors (Lipinski definition) is 5. The smallest absolute Gasteiger partial charge is 0.193 e. The summed E-state index contributed by atoms with van der Waals surface area (Å²) in [5, 5.41) is 5.57. The fraction of sp³-hybridized carbons (Fsp3) is 0.765. The van der Waals surface area contributed by atoms with E-state index in [1.54, 1.807) is 11.3 Å². The summed E-state index contributed by atoms with van der Waals surface area (Å²) in [6.45, 7) is 7.17. The first-order valence-corrected chi connectivity index (χ1v) is 10.9. The topological polar surface area (TPSA) is 43.8 Å². The minimum atomic E-state index is 0. The summed E-state index contributed by atoms with van der Waals surface area (Å²) in [5.41, 5.74) is 0. The molecule has 25 heavy (non-hydrogen) atoms. The zero-order valence-electron chi connectivity index (χ0n) is 15.0. The number of nitrogens with zero attached hydrogens (tertiary/aromatic N) is 4. The standard InChI is InChI=1S/C17H29N5S2.HI/c1-18-16(19-6-4-11-23-17-20-7-12-24-17)22-10-5-15(14-22)13-21-8-2-3-9-21;/h7,12,15H,2-6,8-11,13-14H2,1H3,(H,18,19);1H. The molecule has 0 bridgehead atoms. The van der Waals surface area contributed by atoms with Crippen LogP contribution in [-0.4, -0.2) is 72.8 Å². The summed E-state index contributed by atoms with van der Waals surface area (Å²) < 4.78 is 1.17. The fourth-order valence-corrected chi connectivity index (χ4v) is 5.20. The molecule has 5 nitrogen and oxygen atoms in total. The molecule has 3 heterocycles. The van der Waals surface area contributed by atoms with Gasteiger partial charge in [-0.25, -0.2) is 4.98 Å². The highest BCUT2D eigenvalue weighted by atomic mass is 127. The fourth-order valence-electron chi connectivity index (χ4n) is 3.55. The predicted molar refractivity (Wildman–Crippen MR) is 120 cm³/mol. The van der Waals surface area contributed by atoms with Crippen LogP contribution in [0.2, 0.25) is 0 Å². The maximum Gasteiger partial charge on any atom is 0.193 e. The lowest BCUT2D eigenvalue weighted by molar-refractivity contribution is 0.281. The van der Waals surface area contributed by atoms with Crippen LogP contribution in [0.25, 0.3) is 0 Å². The Morgan fingerprint density at radius 3 is 2.96 bits per heavy atom. The molecule has 0 amide bonds. The van der Waals surface area contributed by atoms with Gasteiger partial charge in [-0.15, -0.1) is 35.3 Å². The van der Waals surface area contributed by atoms with Crippen molar-refractivity contribution >= 4 is 53.0 Å². The van der Waals surface area contributed by atoms with Crippen molar-refractivity contribution in [3.05, 3.63) is 11.6 Å². The van der Waals surface area contributed by atoms with Crippen molar-refractivity contribution in [1.82, 2.24) is 20.1 Å². The largest absolute Gasteiger partial charge is 0.356 e. The Balaban J connectivity index is 0.00000225. The van der Waals surface area contributed by atoms with Gasteiger partial charge in [-0.05, 0) is 44.7 Å². The van der Waals surface area contributed by atoms with Gasteiger partial charge in [0.2, 0.25) is 0 Å². The van der Waals surface area contributed by atoms with Crippen LogP contribution in [0.1, 0.15) is 25.7 Å². The average Bonchev–Trinajstić information content (AvgIpc) is 3.34. The van der Waals surface area contributed by atoms with E-state index in [-0.39, 0.29) is 24.0 Å². The first kappa shape index (κ1) is 21.2. The van der Waals surface area contributed by atoms with E-state index < -0.39 is 0 Å². The van der Waals surface area contributed by atoms with Gasteiger partial charge in [0.25, 0.3) is 0 Å². The van der Waals surface area contributed by atoms with Crippen molar-refractivity contribution < 1.29 is 0 Å². The average molecular weight is 496 g/mol. The summed E-state index contributed by atoms with van der Waals surface area (Å²) in [7, 11) is 1.90. The van der Waals surface area contributed by atoms with Gasteiger partial charge in [-0.1, -0.05) is 11.8 Å². The lowest BCUT2D eigenvalue weighted by Crippen LogP contribution is -2.41. The van der Waals surface area contributed by atoms with Gasteiger partial charge < -0.3 is 15.1 Å². The van der Waals surface area contributed by atoms with Gasteiger partial charge >= 0.3 is 0 Å². The predicted octanol–water partition coefficient (Wildman–Crippen LogP) is 3.24. The molecule has 2 saturated heterocycles. The van der Waals surface area contributed by atoms with Crippen LogP contribution in [0.15, 0.2) is 20.9 Å². The van der Waals surface area contributed by atoms with E-state index in [0.29, 0.717) is 0 Å². The molecule has 3 rings (SSSR count). The van der Waals surface area contributed by atoms with E-state index in [9.17, 15) is 0 Å². The molecule has 0 aliphatic carbocycles. The van der Waals surface area contributed by atoms with Crippen molar-refractivity contribution in [2.45, 2.75) is 30.0 Å². The van der Waals surface area contributed by atoms with Gasteiger partial charge in [0.05, 0.1) is 0 Å². The number of aromatic nitrogens is 1. The maximum absolute atomic E-state index is 4.48. The third kappa shape index (κ3) is 6.88. The van der Waals surface area contributed by atoms with Crippen molar-refractivity contribution in [3.8, 4) is 0 Å². The number of likely N-dealkylation sites (tertiary alicyclic amines) is 2. The number of thioether (sulfide) groups is 1. The monoisotopic (exact) mass is 495 g/mol. The molecule has 1 atom stereocenters. The van der Waals surface area contributed by atoms with Gasteiger partial charge in [-0.3, -0.25) is 4.99 Å². The first-order valence-electron chi connectivity index (χ1n) is 9.05. The Labute approximate surface area is 177 Å². The summed E-state index contributed by atoms with van der Waals surface area (Å²) in [6, 6.07) is 0. The van der Waals surface area contributed by atoms with Crippen LogP contribution in [-0.2, 0) is 0 Å². The third-order valence-electron chi connectivity index (χ3n) is 4.75. The Morgan fingerprint density at radius 2 is 2.24 bits per heavy atom. The lowest BCUT2D eigenvalue weighted by Gasteiger charge is -2.23. The third-order valence-corrected chi connectivity index (χ3v) is 6.80. The summed E-state index contributed by atoms with van der Waals surface area (Å²) in [6.07, 6.45) is 7.09. The molecule has 1 aromatic heterocycles. The SMILES string of the molecule is CN=C(NCCCSc1nccs1)N1CCC(CN2CCCC2)C1.I. The van der Waals surface area contributed by atoms with Crippen LogP contribution in [0.5, 0.6) is 0 Å². The van der Waals surface area contributed by atoms with Crippen molar-refractivity contribution in [3.63, 3.8) is 0 Å². The number of halogens is 1. The second-order valence-corrected chi connectivity index (χ2v) is 8.82.